The van der Waals surface area contributed by atoms with Gasteiger partial charge in [-0.2, -0.15) is 18.3 Å². The maximum absolute atomic E-state index is 13.9. The van der Waals surface area contributed by atoms with Crippen molar-refractivity contribution in [2.24, 2.45) is 0 Å². The van der Waals surface area contributed by atoms with Crippen molar-refractivity contribution >= 4 is 11.8 Å². The van der Waals surface area contributed by atoms with Gasteiger partial charge in [0.2, 0.25) is 5.88 Å². The number of aromatic nitrogens is 5. The highest BCUT2D eigenvalue weighted by Crippen LogP contribution is 2.41. The Bertz CT molecular complexity index is 1210. The van der Waals surface area contributed by atoms with Crippen molar-refractivity contribution in [1.82, 2.24) is 25.4 Å². The summed E-state index contributed by atoms with van der Waals surface area (Å²) in [4.78, 5) is 16.5. The number of alkyl halides is 3. The fourth-order valence-electron chi connectivity index (χ4n) is 3.56. The first-order valence-electron chi connectivity index (χ1n) is 11.1. The zero-order valence-electron chi connectivity index (χ0n) is 19.6. The smallest absolute Gasteiger partial charge is 0.421 e. The molecule has 0 fully saturated rings. The van der Waals surface area contributed by atoms with E-state index in [9.17, 15) is 18.0 Å². The van der Waals surface area contributed by atoms with Crippen LogP contribution in [0, 0.1) is 0 Å². The lowest BCUT2D eigenvalue weighted by Crippen LogP contribution is -2.27. The van der Waals surface area contributed by atoms with E-state index in [-0.39, 0.29) is 23.2 Å². The van der Waals surface area contributed by atoms with E-state index in [0.717, 1.165) is 18.1 Å². The van der Waals surface area contributed by atoms with Crippen molar-refractivity contribution in [2.45, 2.75) is 71.3 Å². The van der Waals surface area contributed by atoms with E-state index >= 15 is 0 Å². The van der Waals surface area contributed by atoms with E-state index < -0.39 is 35.4 Å². The van der Waals surface area contributed by atoms with Crippen LogP contribution in [0.25, 0.3) is 23.2 Å². The summed E-state index contributed by atoms with van der Waals surface area (Å²) in [5, 5.41) is 17.1. The summed E-state index contributed by atoms with van der Waals surface area (Å²) in [7, 11) is 0. The summed E-state index contributed by atoms with van der Waals surface area (Å²) >= 11 is 0. The number of anilines is 1. The van der Waals surface area contributed by atoms with Gasteiger partial charge in [0.25, 0.3) is 11.8 Å². The second-order valence-electron chi connectivity index (χ2n) is 9.22. The van der Waals surface area contributed by atoms with Crippen molar-refractivity contribution in [2.75, 3.05) is 5.32 Å². The Morgan fingerprint density at radius 3 is 2.66 bits per heavy atom. The van der Waals surface area contributed by atoms with E-state index in [1.165, 1.54) is 0 Å². The highest BCUT2D eigenvalue weighted by molar-refractivity contribution is 5.89. The number of hydrogen-bond acceptors (Lipinski definition) is 8. The number of halogens is 3. The molecule has 0 aliphatic carbocycles. The lowest BCUT2D eigenvalue weighted by Gasteiger charge is -2.22. The molecule has 188 valence electrons. The molecule has 13 heteroatoms. The number of nitrogens with one attached hydrogen (secondary N) is 2. The number of pyridine rings is 1. The van der Waals surface area contributed by atoms with Gasteiger partial charge in [0, 0.05) is 5.56 Å². The number of carbonyl (C=O) groups excluding carboxylic acids is 1. The summed E-state index contributed by atoms with van der Waals surface area (Å²) in [5.74, 6) is -0.769. The average Bonchev–Trinajstić information content (AvgIpc) is 3.38. The van der Waals surface area contributed by atoms with E-state index in [1.807, 2.05) is 0 Å². The van der Waals surface area contributed by atoms with Crippen molar-refractivity contribution < 1.29 is 31.9 Å². The number of fused-ring (bicyclic) bond motifs is 7. The average molecular weight is 494 g/mol. The first-order chi connectivity index (χ1) is 16.4. The number of rotatable bonds is 1. The van der Waals surface area contributed by atoms with Crippen LogP contribution in [0.3, 0.4) is 0 Å². The quantitative estimate of drug-likeness (QED) is 0.461. The summed E-state index contributed by atoms with van der Waals surface area (Å²) in [6.07, 6.45) is -2.04. The maximum atomic E-state index is 13.9. The fraction of sp³-hybridized carbons (Fsp3) is 0.500. The predicted molar refractivity (Wildman–Crippen MR) is 118 cm³/mol. The van der Waals surface area contributed by atoms with Crippen LogP contribution in [0.4, 0.5) is 23.7 Å². The molecule has 0 saturated heterocycles. The monoisotopic (exact) mass is 494 g/mol. The standard InChI is InChI=1S/C22H25F3N6O4/c1-11-7-5-6-8-12-10-26-29-15(12)18-30-31-19(34-18)16-14(27-20(32)35-21(2,3)4)9-13(22(23,24)25)17(28-16)33-11/h9-11H,5-8H2,1-4H3,(H,26,29)(H,27,32)/t11-/m1/s1. The van der Waals surface area contributed by atoms with Crippen molar-refractivity contribution in [1.29, 1.82) is 0 Å². The van der Waals surface area contributed by atoms with Gasteiger partial charge in [-0.05, 0) is 59.4 Å². The maximum Gasteiger partial charge on any atom is 0.421 e. The Morgan fingerprint density at radius 1 is 1.20 bits per heavy atom. The molecule has 3 aromatic heterocycles. The third-order valence-electron chi connectivity index (χ3n) is 5.11. The number of carbonyl (C=O) groups is 1. The zero-order valence-corrected chi connectivity index (χ0v) is 19.6. The first kappa shape index (κ1) is 24.5. The molecule has 1 amide bonds. The van der Waals surface area contributed by atoms with Gasteiger partial charge in [0.1, 0.15) is 16.9 Å². The van der Waals surface area contributed by atoms with Crippen LogP contribution in [0.1, 0.15) is 58.1 Å². The number of nitrogens with zero attached hydrogens (tertiary/aromatic N) is 4. The first-order valence-corrected chi connectivity index (χ1v) is 11.1. The molecule has 10 nitrogen and oxygen atoms in total. The summed E-state index contributed by atoms with van der Waals surface area (Å²) in [6, 6.07) is 0.728. The van der Waals surface area contributed by atoms with Gasteiger partial charge < -0.3 is 13.9 Å². The van der Waals surface area contributed by atoms with Crippen LogP contribution in [0.15, 0.2) is 16.7 Å². The molecule has 1 aliphatic heterocycles. The Labute approximate surface area is 198 Å². The number of amides is 1. The van der Waals surface area contributed by atoms with E-state index in [1.54, 1.807) is 33.9 Å². The van der Waals surface area contributed by atoms with E-state index in [2.05, 4.69) is 30.7 Å². The lowest BCUT2D eigenvalue weighted by atomic mass is 10.1. The van der Waals surface area contributed by atoms with Crippen LogP contribution in [-0.4, -0.2) is 43.2 Å². The zero-order chi connectivity index (χ0) is 25.4. The molecule has 1 aliphatic rings. The van der Waals surface area contributed by atoms with Crippen LogP contribution < -0.4 is 10.1 Å². The van der Waals surface area contributed by atoms with Gasteiger partial charge >= 0.3 is 12.3 Å². The number of aryl methyl sites for hydroxylation is 1. The third-order valence-corrected chi connectivity index (χ3v) is 5.11. The molecule has 3 aromatic rings. The SMILES string of the molecule is C[C@@H]1CCCCc2cn[nH]c2-c2nnc(o2)-c2nc(c(C(F)(F)F)cc2NC(=O)OC(C)(C)C)O1. The molecule has 0 spiro atoms. The highest BCUT2D eigenvalue weighted by Gasteiger charge is 2.38. The van der Waals surface area contributed by atoms with Crippen LogP contribution >= 0.6 is 0 Å². The molecule has 35 heavy (non-hydrogen) atoms. The third kappa shape index (κ3) is 5.72. The highest BCUT2D eigenvalue weighted by atomic mass is 19.4. The van der Waals surface area contributed by atoms with Crippen molar-refractivity contribution in [3.05, 3.63) is 23.4 Å². The van der Waals surface area contributed by atoms with Crippen LogP contribution in [-0.2, 0) is 17.3 Å². The molecule has 0 unspecified atom stereocenters. The van der Waals surface area contributed by atoms with Gasteiger partial charge in [0.05, 0.1) is 18.0 Å². The Morgan fingerprint density at radius 2 is 1.94 bits per heavy atom. The largest absolute Gasteiger partial charge is 0.474 e. The van der Waals surface area contributed by atoms with E-state index in [4.69, 9.17) is 13.9 Å². The summed E-state index contributed by atoms with van der Waals surface area (Å²) < 4.78 is 58.4. The minimum absolute atomic E-state index is 0.0883. The number of aromatic amines is 1. The minimum atomic E-state index is -4.80. The van der Waals surface area contributed by atoms with E-state index in [0.29, 0.717) is 25.0 Å². The summed E-state index contributed by atoms with van der Waals surface area (Å²) in [6.45, 7) is 6.55. The van der Waals surface area contributed by atoms with Gasteiger partial charge in [-0.3, -0.25) is 10.4 Å². The molecule has 4 rings (SSSR count). The molecular weight excluding hydrogens is 469 g/mol. The Kier molecular flexibility index (Phi) is 6.43. The van der Waals surface area contributed by atoms with Crippen molar-refractivity contribution in [3.8, 4) is 29.0 Å². The van der Waals surface area contributed by atoms with Crippen LogP contribution in [0.2, 0.25) is 0 Å². The molecule has 1 atom stereocenters. The minimum Gasteiger partial charge on any atom is -0.474 e. The topological polar surface area (TPSA) is 128 Å². The van der Waals surface area contributed by atoms with Gasteiger partial charge in [-0.1, -0.05) is 0 Å². The summed E-state index contributed by atoms with van der Waals surface area (Å²) in [5.41, 5.74) is -1.17. The van der Waals surface area contributed by atoms with Gasteiger partial charge in [0.15, 0.2) is 5.69 Å². The molecule has 0 radical (unpaired) electrons. The molecule has 4 bridgehead atoms. The molecule has 0 saturated carbocycles. The lowest BCUT2D eigenvalue weighted by molar-refractivity contribution is -0.139. The van der Waals surface area contributed by atoms with Crippen LogP contribution in [0.5, 0.6) is 5.88 Å². The number of H-pyrrole nitrogens is 1. The second-order valence-corrected chi connectivity index (χ2v) is 9.22. The number of hydrogen-bond donors (Lipinski definition) is 2. The second kappa shape index (κ2) is 9.19. The Balaban J connectivity index is 1.86. The molecule has 2 N–H and O–H groups in total. The molecule has 4 heterocycles. The number of ether oxygens (including phenoxy) is 2. The van der Waals surface area contributed by atoms with Gasteiger partial charge in [-0.25, -0.2) is 9.78 Å². The predicted octanol–water partition coefficient (Wildman–Crippen LogP) is 5.38. The van der Waals surface area contributed by atoms with Gasteiger partial charge in [-0.15, -0.1) is 10.2 Å². The fourth-order valence-corrected chi connectivity index (χ4v) is 3.56. The van der Waals surface area contributed by atoms with Crippen molar-refractivity contribution in [3.63, 3.8) is 0 Å². The Hall–Kier alpha value is -3.64. The normalized spacial score (nSPS) is 16.6. The molecule has 0 aromatic carbocycles. The molecular formula is C22H25F3N6O4.